The molecular formula is C3H4O3. The van der Waals surface area contributed by atoms with E-state index in [-0.39, 0.29) is 6.29 Å². The van der Waals surface area contributed by atoms with E-state index in [1.165, 1.54) is 0 Å². The van der Waals surface area contributed by atoms with Crippen molar-refractivity contribution < 1.29 is 15.0 Å². The molecular weight excluding hydrogens is 84.0 g/mol. The van der Waals surface area contributed by atoms with E-state index in [9.17, 15) is 4.79 Å². The molecule has 0 saturated heterocycles. The van der Waals surface area contributed by atoms with Gasteiger partial charge >= 0.3 is 0 Å². The third-order valence-corrected chi connectivity index (χ3v) is 0.253. The number of rotatable bonds is 1. The summed E-state index contributed by atoms with van der Waals surface area (Å²) in [6.07, 6.45) is 0.465. The van der Waals surface area contributed by atoms with Gasteiger partial charge in [0.2, 0.25) is 0 Å². The molecule has 0 rings (SSSR count). The molecule has 0 atom stereocenters. The van der Waals surface area contributed by atoms with E-state index in [4.69, 9.17) is 10.2 Å². The molecule has 0 unspecified atom stereocenters. The maximum atomic E-state index is 9.26. The molecule has 0 heterocycles. The van der Waals surface area contributed by atoms with Crippen LogP contribution in [0.15, 0.2) is 12.0 Å². The second kappa shape index (κ2) is 2.26. The van der Waals surface area contributed by atoms with E-state index < -0.39 is 5.76 Å². The summed E-state index contributed by atoms with van der Waals surface area (Å²) < 4.78 is 0. The lowest BCUT2D eigenvalue weighted by Gasteiger charge is -1.73. The van der Waals surface area contributed by atoms with Crippen LogP contribution in [0.4, 0.5) is 0 Å². The summed E-state index contributed by atoms with van der Waals surface area (Å²) >= 11 is 0. The van der Waals surface area contributed by atoms with Crippen LogP contribution in [0, 0.1) is 0 Å². The van der Waals surface area contributed by atoms with Crippen LogP contribution in [0.25, 0.3) is 0 Å². The third-order valence-electron chi connectivity index (χ3n) is 0.253. The SMILES string of the molecule is O=C/C(O)=C/O. The molecule has 0 amide bonds. The van der Waals surface area contributed by atoms with Crippen molar-refractivity contribution in [2.24, 2.45) is 0 Å². The molecule has 0 aromatic carbocycles. The quantitative estimate of drug-likeness (QED) is 0.272. The molecule has 0 radical (unpaired) electrons. The molecule has 0 saturated carbocycles. The van der Waals surface area contributed by atoms with E-state index >= 15 is 0 Å². The smallest absolute Gasteiger partial charge is 0.190 e. The minimum atomic E-state index is -0.657. The van der Waals surface area contributed by atoms with Crippen molar-refractivity contribution in [3.63, 3.8) is 0 Å². The van der Waals surface area contributed by atoms with Crippen molar-refractivity contribution in [3.05, 3.63) is 12.0 Å². The van der Waals surface area contributed by atoms with Gasteiger partial charge in [-0.05, 0) is 0 Å². The first-order valence-corrected chi connectivity index (χ1v) is 1.29. The lowest BCUT2D eigenvalue weighted by atomic mass is 10.6. The minimum Gasteiger partial charge on any atom is -0.512 e. The van der Waals surface area contributed by atoms with E-state index in [0.717, 1.165) is 0 Å². The molecule has 0 aliphatic rings. The predicted molar refractivity (Wildman–Crippen MR) is 19.4 cm³/mol. The van der Waals surface area contributed by atoms with E-state index in [1.54, 1.807) is 0 Å². The summed E-state index contributed by atoms with van der Waals surface area (Å²) in [5.74, 6) is -0.657. The minimum absolute atomic E-state index is 0.139. The standard InChI is InChI=1S/C3H4O3/c4-1-3(6)2-5/h1-2,4,6H/b3-1-. The van der Waals surface area contributed by atoms with Crippen molar-refractivity contribution in [1.82, 2.24) is 0 Å². The first-order valence-electron chi connectivity index (χ1n) is 1.29. The lowest BCUT2D eigenvalue weighted by Crippen LogP contribution is -1.77. The molecule has 3 heteroatoms. The second-order valence-electron chi connectivity index (χ2n) is 0.672. The Morgan fingerprint density at radius 1 is 1.67 bits per heavy atom. The molecule has 0 aromatic rings. The van der Waals surface area contributed by atoms with Gasteiger partial charge in [-0.25, -0.2) is 0 Å². The number of aldehydes is 1. The van der Waals surface area contributed by atoms with Gasteiger partial charge in [0.25, 0.3) is 0 Å². The summed E-state index contributed by atoms with van der Waals surface area (Å²) in [4.78, 5) is 9.26. The lowest BCUT2D eigenvalue weighted by molar-refractivity contribution is -0.107. The summed E-state index contributed by atoms with van der Waals surface area (Å²) in [7, 11) is 0. The Morgan fingerprint density at radius 2 is 2.17 bits per heavy atom. The number of carbonyl (C=O) groups excluding carboxylic acids is 1. The Labute approximate surface area is 34.5 Å². The van der Waals surface area contributed by atoms with Gasteiger partial charge in [-0.3, -0.25) is 4.79 Å². The first kappa shape index (κ1) is 5.01. The maximum Gasteiger partial charge on any atom is 0.190 e. The maximum absolute atomic E-state index is 9.26. The van der Waals surface area contributed by atoms with Gasteiger partial charge in [-0.15, -0.1) is 0 Å². The van der Waals surface area contributed by atoms with Crippen molar-refractivity contribution >= 4 is 6.29 Å². The fraction of sp³-hybridized carbons (Fsp3) is 0. The predicted octanol–water partition coefficient (Wildman–Crippen LogP) is 0.143. The Kier molecular flexibility index (Phi) is 1.89. The zero-order valence-electron chi connectivity index (χ0n) is 2.96. The second-order valence-corrected chi connectivity index (χ2v) is 0.672. The van der Waals surface area contributed by atoms with Crippen LogP contribution < -0.4 is 0 Å². The number of aliphatic hydroxyl groups is 2. The highest BCUT2D eigenvalue weighted by molar-refractivity contribution is 5.68. The number of hydrogen-bond acceptors (Lipinski definition) is 3. The Balaban J connectivity index is 3.50. The van der Waals surface area contributed by atoms with Gasteiger partial charge in [0.15, 0.2) is 12.0 Å². The summed E-state index contributed by atoms with van der Waals surface area (Å²) in [5.41, 5.74) is 0. The van der Waals surface area contributed by atoms with E-state index in [0.29, 0.717) is 6.26 Å². The normalized spacial score (nSPS) is 11.0. The molecule has 3 nitrogen and oxygen atoms in total. The average Bonchev–Trinajstić information content (AvgIpc) is 1.65. The molecule has 0 fully saturated rings. The molecule has 34 valence electrons. The highest BCUT2D eigenvalue weighted by Gasteiger charge is 1.78. The van der Waals surface area contributed by atoms with Crippen LogP contribution in [0.1, 0.15) is 0 Å². The molecule has 0 spiro atoms. The summed E-state index contributed by atoms with van der Waals surface area (Å²) in [6, 6.07) is 0. The van der Waals surface area contributed by atoms with Crippen LogP contribution in [-0.2, 0) is 4.79 Å². The number of aliphatic hydroxyl groups excluding tert-OH is 2. The Bertz CT molecular complexity index is 74.1. The fourth-order valence-corrected chi connectivity index (χ4v) is 0.0304. The number of allylic oxidation sites excluding steroid dienone is 1. The number of hydrogen-bond donors (Lipinski definition) is 2. The molecule has 0 aliphatic heterocycles. The van der Waals surface area contributed by atoms with Gasteiger partial charge < -0.3 is 10.2 Å². The van der Waals surface area contributed by atoms with Gasteiger partial charge in [0.05, 0.1) is 0 Å². The number of carbonyl (C=O) groups is 1. The zero-order chi connectivity index (χ0) is 4.99. The van der Waals surface area contributed by atoms with Crippen molar-refractivity contribution in [3.8, 4) is 0 Å². The Hall–Kier alpha value is -0.990. The third kappa shape index (κ3) is 1.34. The van der Waals surface area contributed by atoms with Crippen molar-refractivity contribution in [1.29, 1.82) is 0 Å². The van der Waals surface area contributed by atoms with Gasteiger partial charge in [-0.2, -0.15) is 0 Å². The van der Waals surface area contributed by atoms with Crippen LogP contribution >= 0.6 is 0 Å². The molecule has 6 heavy (non-hydrogen) atoms. The molecule has 2 N–H and O–H groups in total. The first-order chi connectivity index (χ1) is 2.81. The van der Waals surface area contributed by atoms with Crippen LogP contribution in [0.3, 0.4) is 0 Å². The highest BCUT2D eigenvalue weighted by Crippen LogP contribution is 1.71. The van der Waals surface area contributed by atoms with Gasteiger partial charge in [0.1, 0.15) is 6.26 Å². The van der Waals surface area contributed by atoms with Crippen LogP contribution in [-0.4, -0.2) is 16.5 Å². The van der Waals surface area contributed by atoms with E-state index in [1.807, 2.05) is 0 Å². The van der Waals surface area contributed by atoms with Gasteiger partial charge in [0, 0.05) is 0 Å². The summed E-state index contributed by atoms with van der Waals surface area (Å²) in [6.45, 7) is 0. The summed E-state index contributed by atoms with van der Waals surface area (Å²) in [5, 5.41) is 15.6. The van der Waals surface area contributed by atoms with Gasteiger partial charge in [-0.1, -0.05) is 0 Å². The van der Waals surface area contributed by atoms with E-state index in [2.05, 4.69) is 0 Å². The van der Waals surface area contributed by atoms with Crippen LogP contribution in [0.2, 0.25) is 0 Å². The monoisotopic (exact) mass is 88.0 g/mol. The highest BCUT2D eigenvalue weighted by atomic mass is 16.3. The molecule has 0 aliphatic carbocycles. The topological polar surface area (TPSA) is 57.5 Å². The zero-order valence-corrected chi connectivity index (χ0v) is 2.96. The fourth-order valence-electron chi connectivity index (χ4n) is 0.0304. The average molecular weight is 88.1 g/mol. The van der Waals surface area contributed by atoms with Crippen molar-refractivity contribution in [2.75, 3.05) is 0 Å². The van der Waals surface area contributed by atoms with Crippen molar-refractivity contribution in [2.45, 2.75) is 0 Å². The molecule has 0 aromatic heterocycles. The Morgan fingerprint density at radius 3 is 2.17 bits per heavy atom. The molecule has 0 bridgehead atoms. The largest absolute Gasteiger partial charge is 0.512 e. The van der Waals surface area contributed by atoms with Crippen LogP contribution in [0.5, 0.6) is 0 Å².